The maximum atomic E-state index is 12.8. The Labute approximate surface area is 135 Å². The molecule has 1 aliphatic carbocycles. The van der Waals surface area contributed by atoms with E-state index in [1.165, 1.54) is 5.56 Å². The van der Waals surface area contributed by atoms with Crippen LogP contribution in [0.25, 0.3) is 16.9 Å². The third-order valence-corrected chi connectivity index (χ3v) is 4.22. The molecule has 116 valence electrons. The maximum Gasteiger partial charge on any atom is 0.270 e. The van der Waals surface area contributed by atoms with Crippen LogP contribution >= 0.6 is 0 Å². The van der Waals surface area contributed by atoms with E-state index in [1.807, 2.05) is 53.9 Å². The summed E-state index contributed by atoms with van der Waals surface area (Å²) in [6.45, 7) is 4.07. The second kappa shape index (κ2) is 5.23. The second-order valence-electron chi connectivity index (χ2n) is 6.36. The quantitative estimate of drug-likeness (QED) is 0.805. The van der Waals surface area contributed by atoms with Gasteiger partial charge >= 0.3 is 0 Å². The number of hydrogen-bond donors (Lipinski definition) is 1. The molecule has 23 heavy (non-hydrogen) atoms. The van der Waals surface area contributed by atoms with Crippen LogP contribution in [0.15, 0.2) is 42.6 Å². The number of hydrogen-bond acceptors (Lipinski definition) is 2. The molecule has 1 saturated carbocycles. The summed E-state index contributed by atoms with van der Waals surface area (Å²) in [5.74, 6) is -0.0406. The Bertz CT molecular complexity index is 889. The topological polar surface area (TPSA) is 46.4 Å². The second-order valence-corrected chi connectivity index (χ2v) is 6.36. The first-order valence-corrected chi connectivity index (χ1v) is 7.98. The van der Waals surface area contributed by atoms with Crippen LogP contribution in [0.4, 0.5) is 0 Å². The van der Waals surface area contributed by atoms with Gasteiger partial charge in [0.15, 0.2) is 0 Å². The van der Waals surface area contributed by atoms with E-state index in [4.69, 9.17) is 4.98 Å². The Morgan fingerprint density at radius 3 is 2.48 bits per heavy atom. The molecule has 0 saturated heterocycles. The predicted octanol–water partition coefficient (Wildman–Crippen LogP) is 3.51. The van der Waals surface area contributed by atoms with Gasteiger partial charge in [-0.2, -0.15) is 0 Å². The van der Waals surface area contributed by atoms with Crippen LogP contribution in [-0.4, -0.2) is 21.3 Å². The molecule has 1 aliphatic rings. The van der Waals surface area contributed by atoms with Crippen molar-refractivity contribution in [3.63, 3.8) is 0 Å². The highest BCUT2D eigenvalue weighted by Gasteiger charge is 2.27. The van der Waals surface area contributed by atoms with E-state index >= 15 is 0 Å². The Kier molecular flexibility index (Phi) is 3.18. The zero-order valence-corrected chi connectivity index (χ0v) is 13.3. The van der Waals surface area contributed by atoms with Gasteiger partial charge < -0.3 is 5.32 Å². The number of carbonyl (C=O) groups is 1. The number of aromatic nitrogens is 2. The number of amides is 1. The average Bonchev–Trinajstić information content (AvgIpc) is 3.26. The molecular weight excluding hydrogens is 286 g/mol. The lowest BCUT2D eigenvalue weighted by molar-refractivity contribution is 0.0946. The Balaban J connectivity index is 1.90. The zero-order valence-electron chi connectivity index (χ0n) is 13.3. The normalized spacial score (nSPS) is 14.2. The summed E-state index contributed by atoms with van der Waals surface area (Å²) < 4.78 is 1.90. The van der Waals surface area contributed by atoms with E-state index in [9.17, 15) is 4.79 Å². The molecular formula is C19H19N3O. The fourth-order valence-corrected chi connectivity index (χ4v) is 2.76. The van der Waals surface area contributed by atoms with Crippen LogP contribution in [0, 0.1) is 13.8 Å². The van der Waals surface area contributed by atoms with E-state index < -0.39 is 0 Å². The number of benzene rings is 1. The van der Waals surface area contributed by atoms with E-state index in [2.05, 4.69) is 12.2 Å². The minimum Gasteiger partial charge on any atom is -0.348 e. The lowest BCUT2D eigenvalue weighted by Crippen LogP contribution is -2.27. The molecule has 0 atom stereocenters. The molecule has 2 heterocycles. The molecule has 1 aromatic carbocycles. The summed E-state index contributed by atoms with van der Waals surface area (Å²) in [6, 6.07) is 12.4. The number of fused-ring (bicyclic) bond motifs is 1. The van der Waals surface area contributed by atoms with Gasteiger partial charge in [0.25, 0.3) is 5.91 Å². The summed E-state index contributed by atoms with van der Waals surface area (Å²) in [5.41, 5.74) is 5.43. The van der Waals surface area contributed by atoms with Gasteiger partial charge in [-0.3, -0.25) is 9.20 Å². The van der Waals surface area contributed by atoms with Crippen molar-refractivity contribution in [1.82, 2.24) is 14.7 Å². The lowest BCUT2D eigenvalue weighted by atomic mass is 10.1. The van der Waals surface area contributed by atoms with Crippen molar-refractivity contribution >= 4 is 11.6 Å². The van der Waals surface area contributed by atoms with Crippen LogP contribution in [0.3, 0.4) is 0 Å². The first-order valence-electron chi connectivity index (χ1n) is 7.98. The van der Waals surface area contributed by atoms with Gasteiger partial charge in [-0.05, 0) is 38.3 Å². The van der Waals surface area contributed by atoms with Gasteiger partial charge in [-0.1, -0.05) is 35.9 Å². The summed E-state index contributed by atoms with van der Waals surface area (Å²) in [6.07, 6.45) is 4.12. The Morgan fingerprint density at radius 1 is 1.09 bits per heavy atom. The molecule has 2 aromatic heterocycles. The number of pyridine rings is 1. The third kappa shape index (κ3) is 2.61. The van der Waals surface area contributed by atoms with E-state index in [1.54, 1.807) is 0 Å². The average molecular weight is 305 g/mol. The van der Waals surface area contributed by atoms with Crippen molar-refractivity contribution in [2.75, 3.05) is 0 Å². The SMILES string of the molecule is Cc1ccc(-c2nc3ccc(C)cn3c2C(=O)NC2CC2)cc1. The highest BCUT2D eigenvalue weighted by molar-refractivity contribution is 6.00. The zero-order chi connectivity index (χ0) is 16.0. The Morgan fingerprint density at radius 2 is 1.78 bits per heavy atom. The highest BCUT2D eigenvalue weighted by atomic mass is 16.2. The summed E-state index contributed by atoms with van der Waals surface area (Å²) in [5, 5.41) is 3.09. The predicted molar refractivity (Wildman–Crippen MR) is 90.6 cm³/mol. The van der Waals surface area contributed by atoms with E-state index in [0.29, 0.717) is 11.7 Å². The van der Waals surface area contributed by atoms with Crippen LogP contribution in [-0.2, 0) is 0 Å². The molecule has 4 heteroatoms. The molecule has 0 spiro atoms. The minimum atomic E-state index is -0.0406. The van der Waals surface area contributed by atoms with Crippen LogP contribution in [0.1, 0.15) is 34.5 Å². The van der Waals surface area contributed by atoms with Gasteiger partial charge in [-0.15, -0.1) is 0 Å². The van der Waals surface area contributed by atoms with Crippen molar-refractivity contribution < 1.29 is 4.79 Å². The molecule has 4 rings (SSSR count). The van der Waals surface area contributed by atoms with Crippen molar-refractivity contribution in [3.05, 3.63) is 59.4 Å². The minimum absolute atomic E-state index is 0.0406. The molecule has 0 radical (unpaired) electrons. The Hall–Kier alpha value is -2.62. The third-order valence-electron chi connectivity index (χ3n) is 4.22. The van der Waals surface area contributed by atoms with Gasteiger partial charge in [0.05, 0.1) is 0 Å². The molecule has 1 fully saturated rings. The molecule has 0 bridgehead atoms. The van der Waals surface area contributed by atoms with Gasteiger partial charge in [0, 0.05) is 17.8 Å². The number of aryl methyl sites for hydroxylation is 2. The molecule has 0 unspecified atom stereocenters. The first-order chi connectivity index (χ1) is 11.1. The van der Waals surface area contributed by atoms with Crippen molar-refractivity contribution in [1.29, 1.82) is 0 Å². The van der Waals surface area contributed by atoms with Crippen LogP contribution in [0.2, 0.25) is 0 Å². The van der Waals surface area contributed by atoms with Crippen LogP contribution < -0.4 is 5.32 Å². The van der Waals surface area contributed by atoms with Crippen molar-refractivity contribution in [2.45, 2.75) is 32.7 Å². The molecule has 4 nitrogen and oxygen atoms in total. The number of nitrogens with zero attached hydrogens (tertiary/aromatic N) is 2. The van der Waals surface area contributed by atoms with Gasteiger partial charge in [-0.25, -0.2) is 4.98 Å². The van der Waals surface area contributed by atoms with Crippen molar-refractivity contribution in [3.8, 4) is 11.3 Å². The lowest BCUT2D eigenvalue weighted by Gasteiger charge is -2.07. The molecule has 0 aliphatic heterocycles. The van der Waals surface area contributed by atoms with Crippen LogP contribution in [0.5, 0.6) is 0 Å². The smallest absolute Gasteiger partial charge is 0.270 e. The molecule has 1 N–H and O–H groups in total. The number of carbonyl (C=O) groups excluding carboxylic acids is 1. The molecule has 1 amide bonds. The van der Waals surface area contributed by atoms with E-state index in [-0.39, 0.29) is 5.91 Å². The highest BCUT2D eigenvalue weighted by Crippen LogP contribution is 2.27. The monoisotopic (exact) mass is 305 g/mol. The first kappa shape index (κ1) is 14.0. The maximum absolute atomic E-state index is 12.8. The summed E-state index contributed by atoms with van der Waals surface area (Å²) in [7, 11) is 0. The molecule has 3 aromatic rings. The van der Waals surface area contributed by atoms with Gasteiger partial charge in [0.1, 0.15) is 17.0 Å². The number of rotatable bonds is 3. The van der Waals surface area contributed by atoms with E-state index in [0.717, 1.165) is 35.3 Å². The van der Waals surface area contributed by atoms with Crippen molar-refractivity contribution in [2.24, 2.45) is 0 Å². The largest absolute Gasteiger partial charge is 0.348 e. The number of nitrogens with one attached hydrogen (secondary N) is 1. The fourth-order valence-electron chi connectivity index (χ4n) is 2.76. The number of imidazole rings is 1. The standard InChI is InChI=1S/C19H19N3O/c1-12-3-6-14(7-4-12)17-18(19(23)20-15-8-9-15)22-11-13(2)5-10-16(22)21-17/h3-7,10-11,15H,8-9H2,1-2H3,(H,20,23). The fraction of sp³-hybridized carbons (Fsp3) is 0.263. The summed E-state index contributed by atoms with van der Waals surface area (Å²) >= 11 is 0. The summed E-state index contributed by atoms with van der Waals surface area (Å²) in [4.78, 5) is 17.5. The van der Waals surface area contributed by atoms with Gasteiger partial charge in [0.2, 0.25) is 0 Å².